The van der Waals surface area contributed by atoms with E-state index in [4.69, 9.17) is 0 Å². The molecule has 0 heterocycles. The minimum atomic E-state index is -3.28. The molecule has 4 aromatic rings. The summed E-state index contributed by atoms with van der Waals surface area (Å²) in [6.07, 6.45) is 5.05. The third kappa shape index (κ3) is 3.56. The van der Waals surface area contributed by atoms with Gasteiger partial charge >= 0.3 is 196 Å². The van der Waals surface area contributed by atoms with Crippen LogP contribution in [0.25, 0.3) is 33.7 Å². The van der Waals surface area contributed by atoms with Gasteiger partial charge < -0.3 is 24.8 Å². The number of rotatable bonds is 2. The van der Waals surface area contributed by atoms with E-state index >= 15 is 0 Å². The van der Waals surface area contributed by atoms with Gasteiger partial charge in [0.25, 0.3) is 0 Å². The molecule has 0 aromatic heterocycles. The average Bonchev–Trinajstić information content (AvgIpc) is 3.30. The standard InChI is InChI=1S/2C14H11.2CH3.2ClH.H3Si.Zr/c2*1-10-8-12-7-6-11-4-2-3-5-13(11)14(12)9-10;;;;;;/h2*2-9H,1H3;2*1H3;2*1H;1H3;/q;;;;;;;+2/p-2. The summed E-state index contributed by atoms with van der Waals surface area (Å²) in [7, 11) is 1.29. The van der Waals surface area contributed by atoms with Crippen molar-refractivity contribution >= 4 is 41.1 Å². The smallest absolute Gasteiger partial charge is 1.00 e. The van der Waals surface area contributed by atoms with Gasteiger partial charge in [-0.15, -0.1) is 0 Å². The Balaban J connectivity index is 0.00000137. The molecule has 0 bridgehead atoms. The number of hydrogen-bond donors (Lipinski definition) is 0. The number of fused-ring (bicyclic) bond motifs is 6. The van der Waals surface area contributed by atoms with E-state index in [9.17, 15) is 0 Å². The van der Waals surface area contributed by atoms with Crippen molar-refractivity contribution in [2.45, 2.75) is 30.4 Å². The maximum Gasteiger partial charge on any atom is -1.00 e. The van der Waals surface area contributed by atoms with Crippen LogP contribution >= 0.6 is 0 Å². The summed E-state index contributed by atoms with van der Waals surface area (Å²) >= 11 is -3.28. The minimum Gasteiger partial charge on any atom is -1.00 e. The predicted octanol–water partition coefficient (Wildman–Crippen LogP) is 1.68. The van der Waals surface area contributed by atoms with Gasteiger partial charge in [-0.2, -0.15) is 0 Å². The summed E-state index contributed by atoms with van der Waals surface area (Å²) in [5.74, 6) is 0. The van der Waals surface area contributed by atoms with E-state index in [2.05, 4.69) is 108 Å². The molecule has 173 valence electrons. The Morgan fingerprint density at radius 1 is 0.588 bits per heavy atom. The zero-order chi connectivity index (χ0) is 22.3. The van der Waals surface area contributed by atoms with E-state index in [1.165, 1.54) is 40.0 Å². The summed E-state index contributed by atoms with van der Waals surface area (Å²) < 4.78 is 6.81. The van der Waals surface area contributed by atoms with Crippen LogP contribution in [0, 0.1) is 0 Å². The Morgan fingerprint density at radius 3 is 1.38 bits per heavy atom. The maximum atomic E-state index is 2.77. The molecular formula is C30H31Cl2SiZr. The van der Waals surface area contributed by atoms with Crippen LogP contribution < -0.4 is 24.8 Å². The molecule has 34 heavy (non-hydrogen) atoms. The van der Waals surface area contributed by atoms with Gasteiger partial charge in [0.2, 0.25) is 0 Å². The second kappa shape index (κ2) is 8.59. The first-order chi connectivity index (χ1) is 15.2. The van der Waals surface area contributed by atoms with Crippen molar-refractivity contribution in [2.75, 3.05) is 0 Å². The van der Waals surface area contributed by atoms with E-state index < -0.39 is 17.9 Å². The van der Waals surface area contributed by atoms with Crippen molar-refractivity contribution in [1.82, 2.24) is 0 Å². The summed E-state index contributed by atoms with van der Waals surface area (Å²) in [4.78, 5) is 0. The van der Waals surface area contributed by atoms with Crippen LogP contribution in [-0.4, -0.2) is 7.37 Å². The van der Waals surface area contributed by atoms with Crippen molar-refractivity contribution in [1.29, 1.82) is 0 Å². The molecule has 2 aliphatic carbocycles. The Kier molecular flexibility index (Phi) is 6.48. The number of halogens is 2. The first-order valence-electron chi connectivity index (χ1n) is 11.9. The van der Waals surface area contributed by atoms with E-state index in [1.54, 1.807) is 22.3 Å². The maximum absolute atomic E-state index is 3.28. The third-order valence-corrected chi connectivity index (χ3v) is 29.1. The fraction of sp³-hybridized carbons (Fsp3) is 0.200. The zero-order valence-corrected chi connectivity index (χ0v) is 26.5. The second-order valence-corrected chi connectivity index (χ2v) is 49.8. The second-order valence-electron chi connectivity index (χ2n) is 11.6. The minimum absolute atomic E-state index is 0. The van der Waals surface area contributed by atoms with Gasteiger partial charge in [0.15, 0.2) is 0 Å². The van der Waals surface area contributed by atoms with Gasteiger partial charge in [0.1, 0.15) is 0 Å². The van der Waals surface area contributed by atoms with Crippen LogP contribution in [0.4, 0.5) is 0 Å². The van der Waals surface area contributed by atoms with E-state index in [-0.39, 0.29) is 24.8 Å². The van der Waals surface area contributed by atoms with Crippen molar-refractivity contribution in [2.24, 2.45) is 0 Å². The van der Waals surface area contributed by atoms with Crippen molar-refractivity contribution in [3.05, 3.63) is 106 Å². The van der Waals surface area contributed by atoms with Crippen LogP contribution in [0.15, 0.2) is 83.9 Å². The van der Waals surface area contributed by atoms with Gasteiger partial charge in [0, 0.05) is 0 Å². The molecule has 0 nitrogen and oxygen atoms in total. The molecule has 0 N–H and O–H groups in total. The number of hydrogen-bond acceptors (Lipinski definition) is 0. The molecule has 2 atom stereocenters. The largest absolute Gasteiger partial charge is 1.00 e. The normalized spacial score (nSPS) is 19.2. The molecule has 0 aliphatic heterocycles. The first kappa shape index (κ1) is 25.6. The zero-order valence-electron chi connectivity index (χ0n) is 20.5. The monoisotopic (exact) mass is 579 g/mol. The van der Waals surface area contributed by atoms with Crippen LogP contribution in [0.1, 0.15) is 43.4 Å². The van der Waals surface area contributed by atoms with Crippen molar-refractivity contribution < 1.29 is 42.8 Å². The Bertz CT molecular complexity index is 1400. The molecule has 4 heteroatoms. The molecule has 0 spiro atoms. The summed E-state index contributed by atoms with van der Waals surface area (Å²) in [6.45, 7) is 4.82. The van der Waals surface area contributed by atoms with Crippen LogP contribution in [-0.2, 0) is 17.9 Å². The fourth-order valence-corrected chi connectivity index (χ4v) is 32.5. The SMILES string of the molecule is CC1=Cc2c(ccc3ccccc23)[CH]1[Zr+2]([CH3])([CH3])([SiH3])[CH]1C(C)=Cc2c1ccc1ccccc21.[Cl-].[Cl-]. The van der Waals surface area contributed by atoms with Gasteiger partial charge in [0.05, 0.1) is 0 Å². The summed E-state index contributed by atoms with van der Waals surface area (Å²) in [5.41, 5.74) is 9.39. The summed E-state index contributed by atoms with van der Waals surface area (Å²) in [6, 6.07) is 27.5. The van der Waals surface area contributed by atoms with Crippen molar-refractivity contribution in [3.8, 4) is 0 Å². The number of benzene rings is 4. The summed E-state index contributed by atoms with van der Waals surface area (Å²) in [5, 5.41) is 5.56. The van der Waals surface area contributed by atoms with Gasteiger partial charge in [-0.1, -0.05) is 0 Å². The molecule has 0 saturated carbocycles. The molecule has 0 amide bonds. The van der Waals surface area contributed by atoms with E-state index in [1.807, 2.05) is 0 Å². The Labute approximate surface area is 218 Å². The molecule has 2 unspecified atom stereocenters. The molecule has 4 aromatic carbocycles. The van der Waals surface area contributed by atoms with Gasteiger partial charge in [-0.25, -0.2) is 0 Å². The van der Waals surface area contributed by atoms with Crippen LogP contribution in [0.5, 0.6) is 0 Å². The van der Waals surface area contributed by atoms with Crippen molar-refractivity contribution in [3.63, 3.8) is 0 Å². The van der Waals surface area contributed by atoms with Crippen LogP contribution in [0.2, 0.25) is 9.26 Å². The Morgan fingerprint density at radius 2 is 0.971 bits per heavy atom. The predicted molar refractivity (Wildman–Crippen MR) is 142 cm³/mol. The van der Waals surface area contributed by atoms with Gasteiger partial charge in [-0.3, -0.25) is 0 Å². The first-order valence-corrected chi connectivity index (χ1v) is 28.0. The molecule has 0 fully saturated rings. The molecule has 2 aliphatic rings. The molecular weight excluding hydrogens is 551 g/mol. The average molecular weight is 582 g/mol. The molecule has 0 saturated heterocycles. The Hall–Kier alpha value is -1.44. The number of allylic oxidation sites excluding steroid dienone is 2. The topological polar surface area (TPSA) is 0 Å². The fourth-order valence-electron chi connectivity index (χ4n) is 7.47. The van der Waals surface area contributed by atoms with Gasteiger partial charge in [-0.05, 0) is 0 Å². The van der Waals surface area contributed by atoms with E-state index in [0.29, 0.717) is 7.25 Å². The molecule has 6 rings (SSSR count). The van der Waals surface area contributed by atoms with E-state index in [0.717, 1.165) is 0 Å². The van der Waals surface area contributed by atoms with Crippen LogP contribution in [0.3, 0.4) is 0 Å². The molecule has 0 radical (unpaired) electrons. The quantitative estimate of drug-likeness (QED) is 0.316. The third-order valence-electron chi connectivity index (χ3n) is 8.35.